The fourth-order valence-corrected chi connectivity index (χ4v) is 2.57. The maximum atomic E-state index is 6.17. The molecule has 1 aromatic carbocycles. The molecular weight excluding hydrogens is 248 g/mol. The molecule has 1 aromatic rings. The van der Waals surface area contributed by atoms with Crippen molar-refractivity contribution in [1.29, 1.82) is 0 Å². The Bertz CT molecular complexity index is 421. The molecule has 2 rings (SSSR count). The Hall–Kier alpha value is -0.770. The summed E-state index contributed by atoms with van der Waals surface area (Å²) in [4.78, 5) is 2.15. The van der Waals surface area contributed by atoms with Crippen molar-refractivity contribution in [2.75, 3.05) is 27.2 Å². The minimum Gasteiger partial charge on any atom is -0.493 e. The van der Waals surface area contributed by atoms with Gasteiger partial charge in [-0.2, -0.15) is 0 Å². The second kappa shape index (κ2) is 5.91. The fourth-order valence-electron chi connectivity index (χ4n) is 2.31. The first-order valence-corrected chi connectivity index (χ1v) is 6.78. The van der Waals surface area contributed by atoms with Gasteiger partial charge in [0.25, 0.3) is 0 Å². The van der Waals surface area contributed by atoms with Crippen LogP contribution in [0.2, 0.25) is 5.02 Å². The Labute approximate surface area is 114 Å². The van der Waals surface area contributed by atoms with E-state index in [1.807, 2.05) is 12.1 Å². The second-order valence-electron chi connectivity index (χ2n) is 5.21. The van der Waals surface area contributed by atoms with Crippen molar-refractivity contribution in [2.24, 2.45) is 5.73 Å². The average Bonchev–Trinajstić information content (AvgIpc) is 2.74. The summed E-state index contributed by atoms with van der Waals surface area (Å²) < 4.78 is 5.69. The lowest BCUT2D eigenvalue weighted by molar-refractivity contribution is 0.349. The first-order valence-electron chi connectivity index (χ1n) is 6.40. The van der Waals surface area contributed by atoms with E-state index in [1.54, 1.807) is 0 Å². The molecule has 0 aromatic heterocycles. The van der Waals surface area contributed by atoms with E-state index in [9.17, 15) is 0 Å². The summed E-state index contributed by atoms with van der Waals surface area (Å²) in [6, 6.07) is 4.14. The minimum absolute atomic E-state index is 0.152. The van der Waals surface area contributed by atoms with Gasteiger partial charge in [-0.3, -0.25) is 0 Å². The SMILES string of the molecule is CN(C)CCC(N)Cc1cc(Cl)cc2c1OCC2. The third kappa shape index (κ3) is 3.37. The van der Waals surface area contributed by atoms with E-state index in [0.717, 1.165) is 48.7 Å². The van der Waals surface area contributed by atoms with Crippen molar-refractivity contribution < 1.29 is 4.74 Å². The number of nitrogens with zero attached hydrogens (tertiary/aromatic N) is 1. The van der Waals surface area contributed by atoms with Crippen LogP contribution in [0.1, 0.15) is 17.5 Å². The first kappa shape index (κ1) is 13.7. The lowest BCUT2D eigenvalue weighted by atomic mass is 10.0. The van der Waals surface area contributed by atoms with E-state index in [4.69, 9.17) is 22.1 Å². The van der Waals surface area contributed by atoms with Crippen LogP contribution in [0.3, 0.4) is 0 Å². The molecule has 0 radical (unpaired) electrons. The average molecular weight is 269 g/mol. The number of halogens is 1. The molecule has 0 amide bonds. The van der Waals surface area contributed by atoms with Gasteiger partial charge in [-0.15, -0.1) is 0 Å². The van der Waals surface area contributed by atoms with Crippen LogP contribution in [0.5, 0.6) is 5.75 Å². The number of hydrogen-bond acceptors (Lipinski definition) is 3. The van der Waals surface area contributed by atoms with Crippen LogP contribution < -0.4 is 10.5 Å². The third-order valence-electron chi connectivity index (χ3n) is 3.25. The Morgan fingerprint density at radius 2 is 2.22 bits per heavy atom. The molecule has 0 spiro atoms. The molecule has 0 bridgehead atoms. The highest BCUT2D eigenvalue weighted by Gasteiger charge is 2.19. The molecule has 1 unspecified atom stereocenters. The first-order chi connectivity index (χ1) is 8.56. The van der Waals surface area contributed by atoms with Crippen molar-refractivity contribution in [1.82, 2.24) is 4.90 Å². The molecule has 1 atom stereocenters. The van der Waals surface area contributed by atoms with Gasteiger partial charge >= 0.3 is 0 Å². The van der Waals surface area contributed by atoms with Crippen molar-refractivity contribution >= 4 is 11.6 Å². The molecule has 18 heavy (non-hydrogen) atoms. The molecule has 0 fully saturated rings. The Morgan fingerprint density at radius 1 is 1.44 bits per heavy atom. The van der Waals surface area contributed by atoms with Gasteiger partial charge in [0.05, 0.1) is 6.61 Å². The quantitative estimate of drug-likeness (QED) is 0.889. The largest absolute Gasteiger partial charge is 0.493 e. The second-order valence-corrected chi connectivity index (χ2v) is 5.64. The molecular formula is C14H21ClN2O. The van der Waals surface area contributed by atoms with E-state index in [1.165, 1.54) is 5.56 Å². The van der Waals surface area contributed by atoms with Crippen LogP contribution >= 0.6 is 11.6 Å². The van der Waals surface area contributed by atoms with Crippen molar-refractivity contribution in [3.8, 4) is 5.75 Å². The van der Waals surface area contributed by atoms with Gasteiger partial charge < -0.3 is 15.4 Å². The molecule has 1 heterocycles. The Balaban J connectivity index is 2.05. The van der Waals surface area contributed by atoms with Crippen LogP contribution in [0.15, 0.2) is 12.1 Å². The van der Waals surface area contributed by atoms with Gasteiger partial charge in [0.15, 0.2) is 0 Å². The molecule has 0 saturated carbocycles. The highest BCUT2D eigenvalue weighted by Crippen LogP contribution is 2.33. The van der Waals surface area contributed by atoms with Crippen molar-refractivity contribution in [3.05, 3.63) is 28.3 Å². The van der Waals surface area contributed by atoms with Crippen LogP contribution in [-0.4, -0.2) is 38.2 Å². The van der Waals surface area contributed by atoms with E-state index in [2.05, 4.69) is 19.0 Å². The summed E-state index contributed by atoms with van der Waals surface area (Å²) in [7, 11) is 4.12. The van der Waals surface area contributed by atoms with Crippen LogP contribution in [-0.2, 0) is 12.8 Å². The molecule has 0 aliphatic carbocycles. The molecule has 1 aliphatic rings. The number of rotatable bonds is 5. The lowest BCUT2D eigenvalue weighted by Crippen LogP contribution is -2.28. The lowest BCUT2D eigenvalue weighted by Gasteiger charge is -2.17. The smallest absolute Gasteiger partial charge is 0.125 e. The van der Waals surface area contributed by atoms with Gasteiger partial charge in [0.2, 0.25) is 0 Å². The predicted molar refractivity (Wildman–Crippen MR) is 75.5 cm³/mol. The standard InChI is InChI=1S/C14H21ClN2O/c1-17(2)5-3-13(16)9-11-8-12(15)7-10-4-6-18-14(10)11/h7-8,13H,3-6,9,16H2,1-2H3. The van der Waals surface area contributed by atoms with Crippen molar-refractivity contribution in [3.63, 3.8) is 0 Å². The molecule has 1 aliphatic heterocycles. The number of fused-ring (bicyclic) bond motifs is 1. The predicted octanol–water partition coefficient (Wildman–Crippen LogP) is 2.10. The number of benzene rings is 1. The van der Waals surface area contributed by atoms with Crippen molar-refractivity contribution in [2.45, 2.75) is 25.3 Å². The van der Waals surface area contributed by atoms with E-state index >= 15 is 0 Å². The van der Waals surface area contributed by atoms with Crippen LogP contribution in [0.25, 0.3) is 0 Å². The summed E-state index contributed by atoms with van der Waals surface area (Å²) in [6.07, 6.45) is 2.76. The van der Waals surface area contributed by atoms with E-state index in [-0.39, 0.29) is 6.04 Å². The molecule has 100 valence electrons. The van der Waals surface area contributed by atoms with Gasteiger partial charge in [0, 0.05) is 17.5 Å². The number of nitrogens with two attached hydrogens (primary N) is 1. The highest BCUT2D eigenvalue weighted by atomic mass is 35.5. The molecule has 2 N–H and O–H groups in total. The zero-order valence-electron chi connectivity index (χ0n) is 11.1. The summed E-state index contributed by atoms with van der Waals surface area (Å²) in [5.74, 6) is 1.01. The van der Waals surface area contributed by atoms with Gasteiger partial charge in [0.1, 0.15) is 5.75 Å². The fraction of sp³-hybridized carbons (Fsp3) is 0.571. The van der Waals surface area contributed by atoms with Gasteiger partial charge in [-0.05, 0) is 56.7 Å². The molecule has 4 heteroatoms. The summed E-state index contributed by atoms with van der Waals surface area (Å²) >= 11 is 6.13. The van der Waals surface area contributed by atoms with Crippen LogP contribution in [0, 0.1) is 0 Å². The zero-order chi connectivity index (χ0) is 13.1. The maximum Gasteiger partial charge on any atom is 0.125 e. The Kier molecular flexibility index (Phi) is 4.49. The molecule has 0 saturated heterocycles. The third-order valence-corrected chi connectivity index (χ3v) is 3.47. The summed E-state index contributed by atoms with van der Waals surface area (Å²) in [6.45, 7) is 1.76. The van der Waals surface area contributed by atoms with Gasteiger partial charge in [-0.1, -0.05) is 11.6 Å². The number of ether oxygens (including phenoxy) is 1. The van der Waals surface area contributed by atoms with Gasteiger partial charge in [-0.25, -0.2) is 0 Å². The maximum absolute atomic E-state index is 6.17. The summed E-state index contributed by atoms with van der Waals surface area (Å²) in [5.41, 5.74) is 8.55. The van der Waals surface area contributed by atoms with E-state index in [0.29, 0.717) is 0 Å². The van der Waals surface area contributed by atoms with E-state index < -0.39 is 0 Å². The highest BCUT2D eigenvalue weighted by molar-refractivity contribution is 6.30. The topological polar surface area (TPSA) is 38.5 Å². The number of hydrogen-bond donors (Lipinski definition) is 1. The minimum atomic E-state index is 0.152. The monoisotopic (exact) mass is 268 g/mol. The zero-order valence-corrected chi connectivity index (χ0v) is 11.8. The molecule has 3 nitrogen and oxygen atoms in total. The van der Waals surface area contributed by atoms with Crippen LogP contribution in [0.4, 0.5) is 0 Å². The Morgan fingerprint density at radius 3 is 2.94 bits per heavy atom. The summed E-state index contributed by atoms with van der Waals surface area (Å²) in [5, 5.41) is 0.786. The normalized spacial score (nSPS) is 15.6.